The Hall–Kier alpha value is -2.47. The molecular weight excluding hydrogens is 292 g/mol. The summed E-state index contributed by atoms with van der Waals surface area (Å²) in [7, 11) is 1.92. The topological polar surface area (TPSA) is 77.0 Å². The van der Waals surface area contributed by atoms with Crippen molar-refractivity contribution in [2.24, 2.45) is 0 Å². The van der Waals surface area contributed by atoms with Gasteiger partial charge in [0.05, 0.1) is 6.20 Å². The number of nitrogens with zero attached hydrogens (tertiary/aromatic N) is 3. The summed E-state index contributed by atoms with van der Waals surface area (Å²) in [6.45, 7) is 2.08. The van der Waals surface area contributed by atoms with Gasteiger partial charge < -0.3 is 14.3 Å². The Kier molecular flexibility index (Phi) is 4.83. The van der Waals surface area contributed by atoms with Gasteiger partial charge >= 0.3 is 0 Å². The Morgan fingerprint density at radius 1 is 1.13 bits per heavy atom. The van der Waals surface area contributed by atoms with Crippen LogP contribution in [-0.4, -0.2) is 28.2 Å². The van der Waals surface area contributed by atoms with Gasteiger partial charge in [-0.25, -0.2) is 4.98 Å². The van der Waals surface area contributed by atoms with Crippen molar-refractivity contribution < 1.29 is 8.94 Å². The minimum Gasteiger partial charge on any atom is -0.441 e. The van der Waals surface area contributed by atoms with Gasteiger partial charge in [-0.05, 0) is 14.0 Å². The van der Waals surface area contributed by atoms with Gasteiger partial charge in [0.25, 0.3) is 0 Å². The van der Waals surface area contributed by atoms with Gasteiger partial charge in [-0.2, -0.15) is 4.98 Å². The average molecular weight is 312 g/mol. The lowest BCUT2D eigenvalue weighted by Crippen LogP contribution is -2.24. The molecule has 0 aliphatic heterocycles. The van der Waals surface area contributed by atoms with Gasteiger partial charge in [0.15, 0.2) is 17.5 Å². The molecule has 0 aliphatic rings. The molecule has 6 nitrogen and oxygen atoms in total. The quantitative estimate of drug-likeness (QED) is 0.723. The standard InChI is InChI=1S/C17H20N4O2/c1-12(18-2)10-15-20-17(23-21-15)9-8-16-19-11-14(22-16)13-6-4-3-5-7-13/h3-7,11-12,18H,8-10H2,1-2H3. The number of nitrogens with one attached hydrogen (secondary N) is 1. The summed E-state index contributed by atoms with van der Waals surface area (Å²) < 4.78 is 11.0. The number of aromatic nitrogens is 3. The van der Waals surface area contributed by atoms with Crippen LogP contribution in [0, 0.1) is 0 Å². The highest BCUT2D eigenvalue weighted by Crippen LogP contribution is 2.20. The molecular formula is C17H20N4O2. The molecule has 3 rings (SSSR count). The molecule has 1 aromatic carbocycles. The summed E-state index contributed by atoms with van der Waals surface area (Å²) >= 11 is 0. The summed E-state index contributed by atoms with van der Waals surface area (Å²) in [6, 6.07) is 10.2. The number of aryl methyl sites for hydroxylation is 2. The van der Waals surface area contributed by atoms with E-state index in [1.165, 1.54) is 0 Å². The minimum atomic E-state index is 0.320. The van der Waals surface area contributed by atoms with Crippen molar-refractivity contribution in [1.29, 1.82) is 0 Å². The van der Waals surface area contributed by atoms with Crippen molar-refractivity contribution >= 4 is 0 Å². The molecule has 120 valence electrons. The fraction of sp³-hybridized carbons (Fsp3) is 0.353. The highest BCUT2D eigenvalue weighted by Gasteiger charge is 2.11. The number of hydrogen-bond donors (Lipinski definition) is 1. The smallest absolute Gasteiger partial charge is 0.227 e. The summed E-state index contributed by atoms with van der Waals surface area (Å²) in [4.78, 5) is 8.70. The third-order valence-corrected chi connectivity index (χ3v) is 3.66. The van der Waals surface area contributed by atoms with Crippen LogP contribution in [0.1, 0.15) is 24.5 Å². The highest BCUT2D eigenvalue weighted by molar-refractivity contribution is 5.55. The van der Waals surface area contributed by atoms with Crippen molar-refractivity contribution in [3.8, 4) is 11.3 Å². The van der Waals surface area contributed by atoms with Crippen LogP contribution in [0.2, 0.25) is 0 Å². The number of hydrogen-bond acceptors (Lipinski definition) is 6. The second-order valence-corrected chi connectivity index (χ2v) is 5.48. The van der Waals surface area contributed by atoms with Crippen LogP contribution in [-0.2, 0) is 19.3 Å². The molecule has 0 radical (unpaired) electrons. The van der Waals surface area contributed by atoms with Crippen molar-refractivity contribution in [3.05, 3.63) is 54.1 Å². The molecule has 3 aromatic rings. The Morgan fingerprint density at radius 3 is 2.70 bits per heavy atom. The van der Waals surface area contributed by atoms with E-state index in [1.54, 1.807) is 6.20 Å². The fourth-order valence-electron chi connectivity index (χ4n) is 2.23. The Labute approximate surface area is 134 Å². The van der Waals surface area contributed by atoms with Crippen LogP contribution in [0.4, 0.5) is 0 Å². The normalized spacial score (nSPS) is 12.4. The van der Waals surface area contributed by atoms with E-state index in [0.717, 1.165) is 23.6 Å². The highest BCUT2D eigenvalue weighted by atomic mass is 16.5. The largest absolute Gasteiger partial charge is 0.441 e. The van der Waals surface area contributed by atoms with Gasteiger partial charge in [0.2, 0.25) is 5.89 Å². The fourth-order valence-corrected chi connectivity index (χ4v) is 2.23. The van der Waals surface area contributed by atoms with Crippen LogP contribution in [0.3, 0.4) is 0 Å². The number of oxazole rings is 1. The summed E-state index contributed by atoms with van der Waals surface area (Å²) in [5.74, 6) is 2.78. The molecule has 0 fully saturated rings. The molecule has 0 amide bonds. The van der Waals surface area contributed by atoms with E-state index < -0.39 is 0 Å². The first-order valence-corrected chi connectivity index (χ1v) is 7.73. The maximum absolute atomic E-state index is 5.77. The number of rotatable bonds is 7. The lowest BCUT2D eigenvalue weighted by atomic mass is 10.2. The van der Waals surface area contributed by atoms with Gasteiger partial charge in [0, 0.05) is 30.9 Å². The van der Waals surface area contributed by atoms with Gasteiger partial charge in [-0.3, -0.25) is 0 Å². The molecule has 2 heterocycles. The Morgan fingerprint density at radius 2 is 1.91 bits per heavy atom. The maximum Gasteiger partial charge on any atom is 0.227 e. The van der Waals surface area contributed by atoms with E-state index in [4.69, 9.17) is 8.94 Å². The average Bonchev–Trinajstić information content (AvgIpc) is 3.23. The molecule has 0 spiro atoms. The van der Waals surface area contributed by atoms with Gasteiger partial charge in [-0.15, -0.1) is 0 Å². The maximum atomic E-state index is 5.77. The molecule has 1 unspecified atom stereocenters. The molecule has 6 heteroatoms. The van der Waals surface area contributed by atoms with Crippen LogP contribution in [0.15, 0.2) is 45.5 Å². The van der Waals surface area contributed by atoms with Crippen LogP contribution < -0.4 is 5.32 Å². The Bertz CT molecular complexity index is 736. The first-order chi connectivity index (χ1) is 11.2. The van der Waals surface area contributed by atoms with E-state index in [2.05, 4.69) is 27.4 Å². The predicted octanol–water partition coefficient (Wildman–Crippen LogP) is 2.66. The third-order valence-electron chi connectivity index (χ3n) is 3.66. The first-order valence-electron chi connectivity index (χ1n) is 7.73. The predicted molar refractivity (Wildman–Crippen MR) is 85.9 cm³/mol. The van der Waals surface area contributed by atoms with Crippen molar-refractivity contribution in [2.45, 2.75) is 32.2 Å². The molecule has 0 bridgehead atoms. The molecule has 0 saturated heterocycles. The molecule has 1 N–H and O–H groups in total. The van der Waals surface area contributed by atoms with Crippen molar-refractivity contribution in [2.75, 3.05) is 7.05 Å². The zero-order chi connectivity index (χ0) is 16.1. The summed E-state index contributed by atoms with van der Waals surface area (Å²) in [5, 5.41) is 7.14. The van der Waals surface area contributed by atoms with E-state index in [0.29, 0.717) is 30.7 Å². The molecule has 1 atom stereocenters. The van der Waals surface area contributed by atoms with E-state index >= 15 is 0 Å². The lowest BCUT2D eigenvalue weighted by molar-refractivity contribution is 0.366. The molecule has 0 aliphatic carbocycles. The molecule has 23 heavy (non-hydrogen) atoms. The van der Waals surface area contributed by atoms with E-state index in [-0.39, 0.29) is 0 Å². The SMILES string of the molecule is CNC(C)Cc1noc(CCc2ncc(-c3ccccc3)o2)n1. The lowest BCUT2D eigenvalue weighted by Gasteiger charge is -2.04. The van der Waals surface area contributed by atoms with Crippen LogP contribution in [0.5, 0.6) is 0 Å². The zero-order valence-electron chi connectivity index (χ0n) is 13.3. The van der Waals surface area contributed by atoms with Crippen molar-refractivity contribution in [3.63, 3.8) is 0 Å². The number of benzene rings is 1. The van der Waals surface area contributed by atoms with E-state index in [9.17, 15) is 0 Å². The van der Waals surface area contributed by atoms with Crippen LogP contribution >= 0.6 is 0 Å². The molecule has 2 aromatic heterocycles. The first kappa shape index (κ1) is 15.4. The second kappa shape index (κ2) is 7.19. The van der Waals surface area contributed by atoms with Gasteiger partial charge in [0.1, 0.15) is 0 Å². The minimum absolute atomic E-state index is 0.320. The summed E-state index contributed by atoms with van der Waals surface area (Å²) in [6.07, 6.45) is 3.75. The van der Waals surface area contributed by atoms with Gasteiger partial charge in [-0.1, -0.05) is 35.5 Å². The second-order valence-electron chi connectivity index (χ2n) is 5.48. The van der Waals surface area contributed by atoms with Crippen LogP contribution in [0.25, 0.3) is 11.3 Å². The third kappa shape index (κ3) is 4.04. The molecule has 0 saturated carbocycles. The zero-order valence-corrected chi connectivity index (χ0v) is 13.3. The Balaban J connectivity index is 1.58. The number of likely N-dealkylation sites (N-methyl/N-ethyl adjacent to an activating group) is 1. The van der Waals surface area contributed by atoms with Crippen molar-refractivity contribution in [1.82, 2.24) is 20.4 Å². The summed E-state index contributed by atoms with van der Waals surface area (Å²) in [5.41, 5.74) is 1.02. The van der Waals surface area contributed by atoms with E-state index in [1.807, 2.05) is 37.4 Å². The monoisotopic (exact) mass is 312 g/mol.